The highest BCUT2D eigenvalue weighted by Gasteiger charge is 2.17. The number of aromatic carboxylic acids is 1. The van der Waals surface area contributed by atoms with Gasteiger partial charge in [-0.1, -0.05) is 11.6 Å². The summed E-state index contributed by atoms with van der Waals surface area (Å²) in [6.45, 7) is 0.0272. The molecule has 0 saturated heterocycles. The van der Waals surface area contributed by atoms with Crippen LogP contribution >= 0.6 is 11.6 Å². The van der Waals surface area contributed by atoms with Crippen LogP contribution in [0.2, 0.25) is 5.02 Å². The van der Waals surface area contributed by atoms with Crippen molar-refractivity contribution in [3.8, 4) is 5.75 Å². The molecule has 1 aromatic heterocycles. The summed E-state index contributed by atoms with van der Waals surface area (Å²) in [5, 5.41) is 20.1. The van der Waals surface area contributed by atoms with Gasteiger partial charge in [0.25, 0.3) is 5.69 Å². The number of nitro groups is 1. The lowest BCUT2D eigenvalue weighted by molar-refractivity contribution is -0.384. The van der Waals surface area contributed by atoms with Crippen molar-refractivity contribution in [2.24, 2.45) is 0 Å². The van der Waals surface area contributed by atoms with E-state index in [-0.39, 0.29) is 23.6 Å². The Hall–Kier alpha value is -2.67. The molecule has 0 bridgehead atoms. The molecule has 0 fully saturated rings. The fraction of sp³-hybridized carbons (Fsp3) is 0.0769. The quantitative estimate of drug-likeness (QED) is 0.673. The smallest absolute Gasteiger partial charge is 0.339 e. The number of non-ortho nitro benzene ring substituents is 1. The predicted octanol–water partition coefficient (Wildman–Crippen LogP) is 2.92. The van der Waals surface area contributed by atoms with Gasteiger partial charge in [-0.25, -0.2) is 4.79 Å². The maximum Gasteiger partial charge on any atom is 0.339 e. The van der Waals surface area contributed by atoms with Crippen molar-refractivity contribution in [2.45, 2.75) is 6.61 Å². The molecule has 8 heteroatoms. The van der Waals surface area contributed by atoms with Crippen molar-refractivity contribution >= 4 is 23.3 Å². The molecular weight excluding hydrogens is 300 g/mol. The molecule has 0 amide bonds. The maximum atomic E-state index is 11.1. The second-order valence-corrected chi connectivity index (χ2v) is 4.41. The maximum absolute atomic E-state index is 11.1. The summed E-state index contributed by atoms with van der Waals surface area (Å²) in [6, 6.07) is 5.01. The Morgan fingerprint density at radius 1 is 1.43 bits per heavy atom. The van der Waals surface area contributed by atoms with Gasteiger partial charge < -0.3 is 9.84 Å². The summed E-state index contributed by atoms with van der Waals surface area (Å²) in [6.07, 6.45) is 2.96. The second kappa shape index (κ2) is 6.19. The van der Waals surface area contributed by atoms with Crippen LogP contribution in [-0.2, 0) is 6.61 Å². The molecule has 2 aromatic rings. The molecule has 7 nitrogen and oxygen atoms in total. The monoisotopic (exact) mass is 308 g/mol. The van der Waals surface area contributed by atoms with Crippen molar-refractivity contribution < 1.29 is 19.6 Å². The fourth-order valence-electron chi connectivity index (χ4n) is 1.60. The van der Waals surface area contributed by atoms with Gasteiger partial charge in [-0.3, -0.25) is 15.1 Å². The van der Waals surface area contributed by atoms with E-state index in [0.29, 0.717) is 10.6 Å². The van der Waals surface area contributed by atoms with Crippen molar-refractivity contribution in [3.05, 3.63) is 62.9 Å². The molecule has 0 unspecified atom stereocenters. The Labute approximate surface area is 123 Å². The molecule has 0 aliphatic carbocycles. The SMILES string of the molecule is O=C(O)c1cc([N+](=O)[O-])ccc1OCc1ccncc1Cl. The highest BCUT2D eigenvalue weighted by molar-refractivity contribution is 6.31. The van der Waals surface area contributed by atoms with E-state index < -0.39 is 10.9 Å². The average molecular weight is 309 g/mol. The van der Waals surface area contributed by atoms with Crippen LogP contribution in [-0.4, -0.2) is 21.0 Å². The van der Waals surface area contributed by atoms with Gasteiger partial charge in [0.2, 0.25) is 0 Å². The number of carbonyl (C=O) groups is 1. The lowest BCUT2D eigenvalue weighted by Crippen LogP contribution is -2.05. The number of nitrogens with zero attached hydrogens (tertiary/aromatic N) is 2. The molecule has 0 aliphatic heterocycles. The highest BCUT2D eigenvalue weighted by Crippen LogP contribution is 2.26. The number of hydrogen-bond acceptors (Lipinski definition) is 5. The Morgan fingerprint density at radius 3 is 2.81 bits per heavy atom. The van der Waals surface area contributed by atoms with Crippen LogP contribution in [0, 0.1) is 10.1 Å². The summed E-state index contributed by atoms with van der Waals surface area (Å²) in [5.41, 5.74) is 0.0254. The first-order valence-corrected chi connectivity index (χ1v) is 6.09. The summed E-state index contributed by atoms with van der Waals surface area (Å²) >= 11 is 5.91. The molecule has 0 radical (unpaired) electrons. The fourth-order valence-corrected chi connectivity index (χ4v) is 1.77. The summed E-state index contributed by atoms with van der Waals surface area (Å²) < 4.78 is 5.38. The molecule has 0 spiro atoms. The molecule has 0 atom stereocenters. The second-order valence-electron chi connectivity index (χ2n) is 4.00. The normalized spacial score (nSPS) is 10.1. The van der Waals surface area contributed by atoms with Crippen molar-refractivity contribution in [3.63, 3.8) is 0 Å². The molecule has 0 saturated carbocycles. The van der Waals surface area contributed by atoms with Gasteiger partial charge in [-0.05, 0) is 12.1 Å². The first-order chi connectivity index (χ1) is 9.99. The zero-order valence-corrected chi connectivity index (χ0v) is 11.3. The largest absolute Gasteiger partial charge is 0.488 e. The van der Waals surface area contributed by atoms with E-state index in [9.17, 15) is 14.9 Å². The first kappa shape index (κ1) is 14.7. The number of halogens is 1. The Bertz CT molecular complexity index is 705. The number of hydrogen-bond donors (Lipinski definition) is 1. The van der Waals surface area contributed by atoms with Crippen LogP contribution in [0.25, 0.3) is 0 Å². The standard InChI is InChI=1S/C13H9ClN2O5/c14-11-6-15-4-3-8(11)7-21-12-2-1-9(16(19)20)5-10(12)13(17)18/h1-6H,7H2,(H,17,18). The number of nitro benzene ring substituents is 1. The Morgan fingerprint density at radius 2 is 2.19 bits per heavy atom. The van der Waals surface area contributed by atoms with E-state index in [1.165, 1.54) is 24.5 Å². The van der Waals surface area contributed by atoms with Gasteiger partial charge in [0.05, 0.1) is 9.95 Å². The Balaban J connectivity index is 2.26. The summed E-state index contributed by atoms with van der Waals surface area (Å²) in [4.78, 5) is 24.9. The summed E-state index contributed by atoms with van der Waals surface area (Å²) in [7, 11) is 0. The third-order valence-electron chi connectivity index (χ3n) is 2.64. The third-order valence-corrected chi connectivity index (χ3v) is 2.98. The minimum absolute atomic E-state index is 0.0272. The molecule has 2 rings (SSSR count). The van der Waals surface area contributed by atoms with E-state index in [1.807, 2.05) is 0 Å². The van der Waals surface area contributed by atoms with Crippen molar-refractivity contribution in [1.82, 2.24) is 4.98 Å². The van der Waals surface area contributed by atoms with Crippen LogP contribution in [0.4, 0.5) is 5.69 Å². The van der Waals surface area contributed by atoms with E-state index >= 15 is 0 Å². The number of rotatable bonds is 5. The minimum Gasteiger partial charge on any atom is -0.488 e. The van der Waals surface area contributed by atoms with Crippen LogP contribution in [0.15, 0.2) is 36.7 Å². The van der Waals surface area contributed by atoms with Gasteiger partial charge in [0, 0.05) is 30.1 Å². The predicted molar refractivity (Wildman–Crippen MR) is 73.6 cm³/mol. The van der Waals surface area contributed by atoms with E-state index in [0.717, 1.165) is 6.07 Å². The van der Waals surface area contributed by atoms with E-state index in [4.69, 9.17) is 21.4 Å². The minimum atomic E-state index is -1.31. The van der Waals surface area contributed by atoms with Gasteiger partial charge in [0.1, 0.15) is 17.9 Å². The average Bonchev–Trinajstić information content (AvgIpc) is 2.46. The zero-order chi connectivity index (χ0) is 15.4. The number of benzene rings is 1. The van der Waals surface area contributed by atoms with Gasteiger partial charge >= 0.3 is 5.97 Å². The molecule has 1 N–H and O–H groups in total. The molecule has 1 aromatic carbocycles. The number of aromatic nitrogens is 1. The number of ether oxygens (including phenoxy) is 1. The lowest BCUT2D eigenvalue weighted by atomic mass is 10.2. The van der Waals surface area contributed by atoms with Crippen molar-refractivity contribution in [1.29, 1.82) is 0 Å². The number of pyridine rings is 1. The Kier molecular flexibility index (Phi) is 4.34. The molecular formula is C13H9ClN2O5. The molecule has 0 aliphatic rings. The van der Waals surface area contributed by atoms with E-state index in [2.05, 4.69) is 4.98 Å². The third kappa shape index (κ3) is 3.46. The lowest BCUT2D eigenvalue weighted by Gasteiger charge is -2.09. The summed E-state index contributed by atoms with van der Waals surface area (Å²) in [5.74, 6) is -1.28. The molecule has 108 valence electrons. The van der Waals surface area contributed by atoms with Gasteiger partial charge in [0.15, 0.2) is 0 Å². The number of carboxylic acids is 1. The molecule has 21 heavy (non-hydrogen) atoms. The highest BCUT2D eigenvalue weighted by atomic mass is 35.5. The van der Waals surface area contributed by atoms with Crippen LogP contribution in [0.1, 0.15) is 15.9 Å². The van der Waals surface area contributed by atoms with Crippen LogP contribution < -0.4 is 4.74 Å². The topological polar surface area (TPSA) is 103 Å². The van der Waals surface area contributed by atoms with Crippen LogP contribution in [0.3, 0.4) is 0 Å². The van der Waals surface area contributed by atoms with Gasteiger partial charge in [-0.15, -0.1) is 0 Å². The zero-order valence-electron chi connectivity index (χ0n) is 10.5. The van der Waals surface area contributed by atoms with Gasteiger partial charge in [-0.2, -0.15) is 0 Å². The van der Waals surface area contributed by atoms with E-state index in [1.54, 1.807) is 6.07 Å². The van der Waals surface area contributed by atoms with Crippen molar-refractivity contribution in [2.75, 3.05) is 0 Å². The number of carboxylic acid groups (broad SMARTS) is 1. The van der Waals surface area contributed by atoms with Crippen LogP contribution in [0.5, 0.6) is 5.75 Å². The molecule has 1 heterocycles. The first-order valence-electron chi connectivity index (χ1n) is 5.72.